The Balaban J connectivity index is 3.30. The largest absolute Gasteiger partial charge is 0.352 e. The molecule has 0 aliphatic heterocycles. The molecule has 0 aromatic heterocycles. The molecule has 0 unspecified atom stereocenters. The molecule has 4 nitrogen and oxygen atoms in total. The van der Waals surface area contributed by atoms with Crippen molar-refractivity contribution in [3.05, 3.63) is 27.5 Å². The normalized spacial score (nSPS) is 11.4. The van der Waals surface area contributed by atoms with Crippen LogP contribution in [0.25, 0.3) is 0 Å². The quantitative estimate of drug-likeness (QED) is 0.494. The molecule has 20 heavy (non-hydrogen) atoms. The van der Waals surface area contributed by atoms with Gasteiger partial charge >= 0.3 is 0 Å². The predicted molar refractivity (Wildman–Crippen MR) is 76.7 cm³/mol. The number of carbonyl (C=O) groups is 1. The van der Waals surface area contributed by atoms with Crippen molar-refractivity contribution in [2.24, 2.45) is 0 Å². The molecule has 1 aromatic rings. The van der Waals surface area contributed by atoms with Gasteiger partial charge in [0.25, 0.3) is 15.0 Å². The van der Waals surface area contributed by atoms with E-state index in [-0.39, 0.29) is 5.56 Å². The highest BCUT2D eigenvalue weighted by molar-refractivity contribution is 8.14. The van der Waals surface area contributed by atoms with E-state index in [0.717, 1.165) is 18.9 Å². The third-order valence-electron chi connectivity index (χ3n) is 2.42. The zero-order valence-corrected chi connectivity index (χ0v) is 13.4. The maximum absolute atomic E-state index is 13.6. The Labute approximate surface area is 130 Å². The molecule has 0 heterocycles. The molecule has 1 N–H and O–H groups in total. The average Bonchev–Trinajstić information content (AvgIpc) is 2.32. The Morgan fingerprint density at radius 2 is 1.95 bits per heavy atom. The molecule has 1 aromatic carbocycles. The van der Waals surface area contributed by atoms with E-state index in [1.165, 1.54) is 0 Å². The van der Waals surface area contributed by atoms with Gasteiger partial charge < -0.3 is 5.32 Å². The van der Waals surface area contributed by atoms with Crippen LogP contribution in [0.1, 0.15) is 30.1 Å². The zero-order chi connectivity index (χ0) is 15.5. The average molecular weight is 363 g/mol. The minimum atomic E-state index is -4.38. The van der Waals surface area contributed by atoms with Gasteiger partial charge in [0.1, 0.15) is 10.7 Å². The number of hydrogen-bond acceptors (Lipinski definition) is 3. The number of carbonyl (C=O) groups excluding carboxylic acids is 1. The van der Waals surface area contributed by atoms with E-state index in [4.69, 9.17) is 33.9 Å². The van der Waals surface area contributed by atoms with Gasteiger partial charge in [-0.3, -0.25) is 4.79 Å². The van der Waals surface area contributed by atoms with Crippen LogP contribution in [-0.4, -0.2) is 20.9 Å². The molecular weight excluding hydrogens is 352 g/mol. The van der Waals surface area contributed by atoms with Gasteiger partial charge in [-0.15, -0.1) is 0 Å². The fourth-order valence-corrected chi connectivity index (χ4v) is 3.81. The lowest BCUT2D eigenvalue weighted by Crippen LogP contribution is -2.25. The topological polar surface area (TPSA) is 63.2 Å². The van der Waals surface area contributed by atoms with E-state index in [1.54, 1.807) is 0 Å². The molecule has 0 aliphatic rings. The van der Waals surface area contributed by atoms with Gasteiger partial charge in [-0.2, -0.15) is 0 Å². The van der Waals surface area contributed by atoms with Crippen LogP contribution < -0.4 is 5.32 Å². The Bertz CT molecular complexity index is 634. The van der Waals surface area contributed by atoms with Crippen LogP contribution in [0, 0.1) is 5.82 Å². The third kappa shape index (κ3) is 3.97. The highest BCUT2D eigenvalue weighted by Crippen LogP contribution is 2.36. The van der Waals surface area contributed by atoms with Crippen molar-refractivity contribution in [3.8, 4) is 0 Å². The van der Waals surface area contributed by atoms with Crippen molar-refractivity contribution >= 4 is 48.8 Å². The second kappa shape index (κ2) is 6.93. The fraction of sp³-hybridized carbons (Fsp3) is 0.364. The van der Waals surface area contributed by atoms with Gasteiger partial charge in [0.2, 0.25) is 0 Å². The van der Waals surface area contributed by atoms with Crippen molar-refractivity contribution in [2.75, 3.05) is 6.54 Å². The lowest BCUT2D eigenvalue weighted by atomic mass is 10.2. The second-order valence-electron chi connectivity index (χ2n) is 3.91. The molecule has 1 amide bonds. The summed E-state index contributed by atoms with van der Waals surface area (Å²) in [5.41, 5.74) is -0.330. The van der Waals surface area contributed by atoms with Crippen LogP contribution in [0.15, 0.2) is 11.0 Å². The van der Waals surface area contributed by atoms with Gasteiger partial charge in [0, 0.05) is 17.2 Å². The summed E-state index contributed by atoms with van der Waals surface area (Å²) in [5, 5.41) is 1.25. The smallest absolute Gasteiger partial charge is 0.264 e. The standard InChI is InChI=1S/C11H11Cl3FNO3S/c1-2-3-4-16-11(17)6-5-7(15)9(13)10(8(6)12)20(14,18)19/h5H,2-4H2,1H3,(H,16,17). The molecule has 0 aliphatic carbocycles. The maximum Gasteiger partial charge on any atom is 0.264 e. The van der Waals surface area contributed by atoms with Gasteiger partial charge in [0.15, 0.2) is 0 Å². The maximum atomic E-state index is 13.6. The van der Waals surface area contributed by atoms with E-state index in [0.29, 0.717) is 6.54 Å². The molecule has 1 rings (SSSR count). The lowest BCUT2D eigenvalue weighted by molar-refractivity contribution is 0.0952. The molecule has 0 atom stereocenters. The van der Waals surface area contributed by atoms with E-state index in [2.05, 4.69) is 5.32 Å². The third-order valence-corrected chi connectivity index (χ3v) is 4.77. The minimum absolute atomic E-state index is 0.330. The summed E-state index contributed by atoms with van der Waals surface area (Å²) in [6.07, 6.45) is 1.57. The van der Waals surface area contributed by atoms with Crippen LogP contribution in [0.4, 0.5) is 4.39 Å². The molecule has 0 radical (unpaired) electrons. The van der Waals surface area contributed by atoms with Gasteiger partial charge in [0.05, 0.1) is 15.6 Å². The van der Waals surface area contributed by atoms with Crippen LogP contribution in [0.3, 0.4) is 0 Å². The summed E-state index contributed by atoms with van der Waals surface area (Å²) < 4.78 is 36.3. The van der Waals surface area contributed by atoms with Crippen molar-refractivity contribution < 1.29 is 17.6 Å². The first-order valence-electron chi connectivity index (χ1n) is 5.60. The molecule has 9 heteroatoms. The van der Waals surface area contributed by atoms with Crippen LogP contribution in [0.2, 0.25) is 10.0 Å². The number of rotatable bonds is 5. The molecule has 112 valence electrons. The van der Waals surface area contributed by atoms with E-state index < -0.39 is 35.7 Å². The summed E-state index contributed by atoms with van der Waals surface area (Å²) in [6.45, 7) is 2.29. The predicted octanol–water partition coefficient (Wildman–Crippen LogP) is 3.59. The number of hydrogen-bond donors (Lipinski definition) is 1. The Hall–Kier alpha value is -0.560. The summed E-state index contributed by atoms with van der Waals surface area (Å²) in [7, 11) is 0.770. The second-order valence-corrected chi connectivity index (χ2v) is 7.17. The first-order valence-corrected chi connectivity index (χ1v) is 8.67. The molecule has 0 saturated heterocycles. The summed E-state index contributed by atoms with van der Waals surface area (Å²) >= 11 is 11.3. The van der Waals surface area contributed by atoms with Crippen LogP contribution in [0.5, 0.6) is 0 Å². The first-order chi connectivity index (χ1) is 9.20. The molecule has 0 spiro atoms. The van der Waals surface area contributed by atoms with Gasteiger partial charge in [-0.05, 0) is 12.5 Å². The summed E-state index contributed by atoms with van der Waals surface area (Å²) in [4.78, 5) is 11.0. The van der Waals surface area contributed by atoms with E-state index in [1.807, 2.05) is 6.92 Å². The number of nitrogens with one attached hydrogen (secondary N) is 1. The molecule has 0 bridgehead atoms. The Kier molecular flexibility index (Phi) is 6.06. The Morgan fingerprint density at radius 1 is 1.35 bits per heavy atom. The highest BCUT2D eigenvalue weighted by atomic mass is 35.7. The van der Waals surface area contributed by atoms with Crippen molar-refractivity contribution in [2.45, 2.75) is 24.7 Å². The number of unbranched alkanes of at least 4 members (excludes halogenated alkanes) is 1. The SMILES string of the molecule is CCCCNC(=O)c1cc(F)c(Cl)c(S(=O)(=O)Cl)c1Cl. The fourth-order valence-electron chi connectivity index (χ4n) is 1.43. The number of halogens is 4. The minimum Gasteiger partial charge on any atom is -0.352 e. The number of amides is 1. The monoisotopic (exact) mass is 361 g/mol. The first kappa shape index (κ1) is 17.5. The molecule has 0 fully saturated rings. The Morgan fingerprint density at radius 3 is 2.45 bits per heavy atom. The van der Waals surface area contributed by atoms with Crippen molar-refractivity contribution in [3.63, 3.8) is 0 Å². The number of benzene rings is 1. The van der Waals surface area contributed by atoms with E-state index >= 15 is 0 Å². The van der Waals surface area contributed by atoms with Gasteiger partial charge in [-0.25, -0.2) is 12.8 Å². The van der Waals surface area contributed by atoms with Crippen LogP contribution in [-0.2, 0) is 9.05 Å². The zero-order valence-electron chi connectivity index (χ0n) is 10.3. The molecular formula is C11H11Cl3FNO3S. The van der Waals surface area contributed by atoms with Crippen molar-refractivity contribution in [1.29, 1.82) is 0 Å². The molecule has 0 saturated carbocycles. The highest BCUT2D eigenvalue weighted by Gasteiger charge is 2.27. The van der Waals surface area contributed by atoms with Gasteiger partial charge in [-0.1, -0.05) is 36.5 Å². The van der Waals surface area contributed by atoms with Crippen LogP contribution >= 0.6 is 33.9 Å². The van der Waals surface area contributed by atoms with Crippen molar-refractivity contribution in [1.82, 2.24) is 5.32 Å². The summed E-state index contributed by atoms with van der Waals surface area (Å²) in [5.74, 6) is -1.78. The van der Waals surface area contributed by atoms with E-state index in [9.17, 15) is 17.6 Å². The summed E-state index contributed by atoms with van der Waals surface area (Å²) in [6, 6.07) is 0.775. The lowest BCUT2D eigenvalue weighted by Gasteiger charge is -2.10.